The molecule has 2 heterocycles. The van der Waals surface area contributed by atoms with E-state index in [0.29, 0.717) is 36.8 Å². The van der Waals surface area contributed by atoms with Gasteiger partial charge in [0.05, 0.1) is 5.56 Å². The van der Waals surface area contributed by atoms with Gasteiger partial charge in [-0.3, -0.25) is 9.59 Å². The predicted octanol–water partition coefficient (Wildman–Crippen LogP) is 5.00. The monoisotopic (exact) mass is 574 g/mol. The summed E-state index contributed by atoms with van der Waals surface area (Å²) in [5, 5.41) is 10.7. The molecule has 0 spiro atoms. The third-order valence-corrected chi connectivity index (χ3v) is 7.35. The maximum atomic E-state index is 13.9. The molecule has 1 fully saturated rings. The molecule has 1 N–H and O–H groups in total. The molecule has 208 valence electrons. The first-order valence-electron chi connectivity index (χ1n) is 12.2. The lowest BCUT2D eigenvalue weighted by atomic mass is 9.90. The quantitative estimate of drug-likeness (QED) is 0.449. The average molecular weight is 575 g/mol. The van der Waals surface area contributed by atoms with Crippen molar-refractivity contribution in [2.75, 3.05) is 45.7 Å². The Hall–Kier alpha value is -2.56. The normalized spacial score (nSPS) is 16.2. The fourth-order valence-corrected chi connectivity index (χ4v) is 4.99. The van der Waals surface area contributed by atoms with Crippen molar-refractivity contribution in [3.63, 3.8) is 0 Å². The number of nitrogens with zero attached hydrogens (tertiary/aromatic N) is 4. The number of likely N-dealkylation sites (N-methyl/N-ethyl adjacent to an activating group) is 1. The Balaban J connectivity index is 1.54. The lowest BCUT2D eigenvalue weighted by molar-refractivity contribution is -0.261. The zero-order valence-corrected chi connectivity index (χ0v) is 22.9. The van der Waals surface area contributed by atoms with Crippen LogP contribution in [0.1, 0.15) is 41.6 Å². The Labute approximate surface area is 230 Å². The number of hydrogen-bond donors (Lipinski definition) is 1. The summed E-state index contributed by atoms with van der Waals surface area (Å²) < 4.78 is 41.6. The first-order valence-corrected chi connectivity index (χ1v) is 12.9. The zero-order valence-electron chi connectivity index (χ0n) is 21.4. The van der Waals surface area contributed by atoms with Gasteiger partial charge in [-0.15, -0.1) is 0 Å². The maximum absolute atomic E-state index is 13.9. The summed E-state index contributed by atoms with van der Waals surface area (Å²) >= 11 is 12.0. The summed E-state index contributed by atoms with van der Waals surface area (Å²) in [4.78, 5) is 33.8. The standard InChI is InChI=1S/C26H31Cl2F3N4O3/c1-33(2)23(36)20-9-10-21(32-22(20)28)35-14-11-17(12-15-35)6-5-13-34(3)24(37)25(38,26(29,30)31)18-7-4-8-19(27)16-18/h4,7-10,16-17,38H,5-6,11-15H2,1-3H3. The number of aromatic nitrogens is 1. The van der Waals surface area contributed by atoms with Gasteiger partial charge in [-0.2, -0.15) is 13.2 Å². The fraction of sp³-hybridized carbons (Fsp3) is 0.500. The van der Waals surface area contributed by atoms with Crippen molar-refractivity contribution in [1.29, 1.82) is 0 Å². The van der Waals surface area contributed by atoms with E-state index in [9.17, 15) is 27.9 Å². The number of anilines is 1. The van der Waals surface area contributed by atoms with E-state index >= 15 is 0 Å². The fourth-order valence-electron chi connectivity index (χ4n) is 4.57. The third kappa shape index (κ3) is 6.52. The second kappa shape index (κ2) is 12.1. The molecule has 12 heteroatoms. The molecule has 38 heavy (non-hydrogen) atoms. The van der Waals surface area contributed by atoms with Gasteiger partial charge >= 0.3 is 6.18 Å². The molecule has 0 saturated carbocycles. The minimum Gasteiger partial charge on any atom is -0.369 e. The second-order valence-electron chi connectivity index (χ2n) is 9.73. The highest BCUT2D eigenvalue weighted by Gasteiger charge is 2.61. The molecule has 1 atom stereocenters. The number of alkyl halides is 3. The van der Waals surface area contributed by atoms with Gasteiger partial charge in [0.2, 0.25) is 0 Å². The van der Waals surface area contributed by atoms with E-state index in [1.807, 2.05) is 0 Å². The molecule has 7 nitrogen and oxygen atoms in total. The number of benzene rings is 1. The van der Waals surface area contributed by atoms with Gasteiger partial charge in [-0.05, 0) is 55.9 Å². The van der Waals surface area contributed by atoms with Gasteiger partial charge < -0.3 is 19.8 Å². The van der Waals surface area contributed by atoms with Crippen LogP contribution in [0.3, 0.4) is 0 Å². The molecule has 1 aliphatic rings. The zero-order chi connectivity index (χ0) is 28.3. The number of amides is 2. The topological polar surface area (TPSA) is 77.0 Å². The molecule has 0 aliphatic carbocycles. The van der Waals surface area contributed by atoms with Crippen LogP contribution in [0, 0.1) is 5.92 Å². The minimum absolute atomic E-state index is 0.0116. The van der Waals surface area contributed by atoms with Gasteiger partial charge in [0.15, 0.2) is 0 Å². The highest BCUT2D eigenvalue weighted by atomic mass is 35.5. The highest BCUT2D eigenvalue weighted by molar-refractivity contribution is 6.32. The minimum atomic E-state index is -5.22. The Morgan fingerprint density at radius 2 is 1.76 bits per heavy atom. The summed E-state index contributed by atoms with van der Waals surface area (Å²) in [5.41, 5.74) is -3.96. The lowest BCUT2D eigenvalue weighted by Crippen LogP contribution is -2.55. The summed E-state index contributed by atoms with van der Waals surface area (Å²) in [5.74, 6) is -0.658. The summed E-state index contributed by atoms with van der Waals surface area (Å²) in [6.07, 6.45) is -2.33. The molecule has 1 aliphatic heterocycles. The Morgan fingerprint density at radius 3 is 2.32 bits per heavy atom. The van der Waals surface area contributed by atoms with Crippen molar-refractivity contribution in [2.24, 2.45) is 5.92 Å². The molecular weight excluding hydrogens is 544 g/mol. The highest BCUT2D eigenvalue weighted by Crippen LogP contribution is 2.41. The third-order valence-electron chi connectivity index (χ3n) is 6.82. The number of pyridine rings is 1. The van der Waals surface area contributed by atoms with Gasteiger partial charge in [-0.25, -0.2) is 4.98 Å². The van der Waals surface area contributed by atoms with E-state index in [-0.39, 0.29) is 22.6 Å². The largest absolute Gasteiger partial charge is 0.430 e. The average Bonchev–Trinajstić information content (AvgIpc) is 2.86. The van der Waals surface area contributed by atoms with Crippen molar-refractivity contribution in [3.8, 4) is 0 Å². The van der Waals surface area contributed by atoms with Crippen molar-refractivity contribution < 1.29 is 27.9 Å². The molecule has 0 bridgehead atoms. The number of halogens is 5. The first kappa shape index (κ1) is 30.0. The smallest absolute Gasteiger partial charge is 0.369 e. The van der Waals surface area contributed by atoms with Crippen LogP contribution in [0.5, 0.6) is 0 Å². The summed E-state index contributed by atoms with van der Waals surface area (Å²) in [6.45, 7) is 1.50. The Kier molecular flexibility index (Phi) is 9.54. The molecule has 1 aromatic carbocycles. The Morgan fingerprint density at radius 1 is 1.11 bits per heavy atom. The Bertz CT molecular complexity index is 1160. The molecular formula is C26H31Cl2F3N4O3. The van der Waals surface area contributed by atoms with Crippen molar-refractivity contribution >= 4 is 40.8 Å². The molecule has 1 saturated heterocycles. The molecule has 0 radical (unpaired) electrons. The van der Waals surface area contributed by atoms with Crippen LogP contribution in [0.15, 0.2) is 36.4 Å². The molecule has 1 aromatic heterocycles. The van der Waals surface area contributed by atoms with Gasteiger partial charge in [0, 0.05) is 51.4 Å². The molecule has 2 amide bonds. The lowest BCUT2D eigenvalue weighted by Gasteiger charge is -2.34. The summed E-state index contributed by atoms with van der Waals surface area (Å²) in [7, 11) is 4.54. The van der Waals surface area contributed by atoms with Crippen LogP contribution in [-0.4, -0.2) is 78.7 Å². The molecule has 2 aromatic rings. The van der Waals surface area contributed by atoms with Crippen LogP contribution in [-0.2, 0) is 10.4 Å². The van der Waals surface area contributed by atoms with Crippen LogP contribution in [0.25, 0.3) is 0 Å². The van der Waals surface area contributed by atoms with Crippen molar-refractivity contribution in [3.05, 3.63) is 57.7 Å². The van der Waals surface area contributed by atoms with E-state index < -0.39 is 23.2 Å². The van der Waals surface area contributed by atoms with Crippen LogP contribution in [0.4, 0.5) is 19.0 Å². The van der Waals surface area contributed by atoms with E-state index in [4.69, 9.17) is 23.2 Å². The number of rotatable bonds is 8. The van der Waals surface area contributed by atoms with Crippen LogP contribution < -0.4 is 4.90 Å². The SMILES string of the molecule is CN(C)C(=O)c1ccc(N2CCC(CCCN(C)C(=O)C(O)(c3cccc(Cl)c3)C(F)(F)F)CC2)nc1Cl. The first-order chi connectivity index (χ1) is 17.8. The predicted molar refractivity (Wildman–Crippen MR) is 140 cm³/mol. The van der Waals surface area contributed by atoms with E-state index in [0.717, 1.165) is 36.3 Å². The summed E-state index contributed by atoms with van der Waals surface area (Å²) in [6, 6.07) is 8.05. The van der Waals surface area contributed by atoms with Gasteiger partial charge in [0.1, 0.15) is 11.0 Å². The number of carbonyl (C=O) groups is 2. The maximum Gasteiger partial charge on any atom is 0.430 e. The van der Waals surface area contributed by atoms with Crippen LogP contribution in [0.2, 0.25) is 10.2 Å². The second-order valence-corrected chi connectivity index (χ2v) is 10.5. The van der Waals surface area contributed by atoms with Crippen LogP contribution >= 0.6 is 23.2 Å². The van der Waals surface area contributed by atoms with Crippen molar-refractivity contribution in [2.45, 2.75) is 37.5 Å². The van der Waals surface area contributed by atoms with E-state index in [2.05, 4.69) is 9.88 Å². The number of piperidine rings is 1. The number of hydrogen-bond acceptors (Lipinski definition) is 5. The molecule has 1 unspecified atom stereocenters. The van der Waals surface area contributed by atoms with E-state index in [1.165, 1.54) is 24.1 Å². The number of aliphatic hydroxyl groups is 1. The van der Waals surface area contributed by atoms with Crippen molar-refractivity contribution in [1.82, 2.24) is 14.8 Å². The van der Waals surface area contributed by atoms with Gasteiger partial charge in [0.25, 0.3) is 17.4 Å². The molecule has 3 rings (SSSR count). The van der Waals surface area contributed by atoms with Gasteiger partial charge in [-0.1, -0.05) is 35.3 Å². The number of carbonyl (C=O) groups excluding carboxylic acids is 2. The van der Waals surface area contributed by atoms with E-state index in [1.54, 1.807) is 26.2 Å².